The molecule has 1 aliphatic heterocycles. The molecule has 10 heteroatoms. The van der Waals surface area contributed by atoms with Crippen LogP contribution in [0.2, 0.25) is 0 Å². The number of nitrogens with zero attached hydrogens (tertiary/aromatic N) is 1. The van der Waals surface area contributed by atoms with E-state index < -0.39 is 16.1 Å². The number of para-hydroxylation sites is 1. The number of H-pyrrole nitrogens is 1. The molecular weight excluding hydrogens is 482 g/mol. The predicted molar refractivity (Wildman–Crippen MR) is 136 cm³/mol. The smallest absolute Gasteiger partial charge is 0.241 e. The van der Waals surface area contributed by atoms with E-state index in [1.54, 1.807) is 29.2 Å². The lowest BCUT2D eigenvalue weighted by Gasteiger charge is -2.28. The Morgan fingerprint density at radius 1 is 0.944 bits per heavy atom. The summed E-state index contributed by atoms with van der Waals surface area (Å²) in [6.07, 6.45) is 2.02. The highest BCUT2D eigenvalue weighted by Gasteiger charge is 2.30. The summed E-state index contributed by atoms with van der Waals surface area (Å²) >= 11 is 0. The first-order chi connectivity index (χ1) is 17.4. The Kier molecular flexibility index (Phi) is 9.11. The maximum atomic E-state index is 13.8. The Morgan fingerprint density at radius 2 is 1.56 bits per heavy atom. The number of rotatable bonds is 6. The first-order valence-electron chi connectivity index (χ1n) is 12.1. The van der Waals surface area contributed by atoms with Gasteiger partial charge in [0.05, 0.1) is 44.5 Å². The van der Waals surface area contributed by atoms with Gasteiger partial charge in [0, 0.05) is 30.2 Å². The van der Waals surface area contributed by atoms with E-state index in [1.807, 2.05) is 37.4 Å². The molecule has 2 heterocycles. The van der Waals surface area contributed by atoms with E-state index in [2.05, 4.69) is 9.71 Å². The number of carbonyl (C=O) groups is 1. The minimum Gasteiger partial charge on any atom is -0.377 e. The standard InChI is InChI=1S/C26H33N3O6S/c1-20-6-8-22(9-7-20)36(31,32)28-25(18-21-19-27-24-5-3-2-4-23(21)24)26(30)29-10-12-33-14-16-35-17-15-34-13-11-29/h2-9,19,25,27-28H,10-18H2,1H3. The molecule has 3 aromatic rings. The van der Waals surface area contributed by atoms with Crippen molar-refractivity contribution >= 4 is 26.8 Å². The van der Waals surface area contributed by atoms with Gasteiger partial charge in [-0.25, -0.2) is 8.42 Å². The lowest BCUT2D eigenvalue weighted by atomic mass is 10.0. The average Bonchev–Trinajstić information content (AvgIpc) is 3.26. The Bertz CT molecular complexity index is 1230. The van der Waals surface area contributed by atoms with E-state index >= 15 is 0 Å². The number of aromatic amines is 1. The Hall–Kier alpha value is -2.76. The zero-order valence-electron chi connectivity index (χ0n) is 20.4. The topological polar surface area (TPSA) is 110 Å². The van der Waals surface area contributed by atoms with Gasteiger partial charge in [0.2, 0.25) is 15.9 Å². The first-order valence-corrected chi connectivity index (χ1v) is 13.6. The van der Waals surface area contributed by atoms with Gasteiger partial charge in [-0.3, -0.25) is 4.79 Å². The van der Waals surface area contributed by atoms with Crippen molar-refractivity contribution in [3.8, 4) is 0 Å². The summed E-state index contributed by atoms with van der Waals surface area (Å²) in [5.41, 5.74) is 2.73. The molecule has 0 spiro atoms. The quantitative estimate of drug-likeness (QED) is 0.521. The van der Waals surface area contributed by atoms with Crippen molar-refractivity contribution in [1.29, 1.82) is 0 Å². The Morgan fingerprint density at radius 3 is 2.22 bits per heavy atom. The molecule has 2 N–H and O–H groups in total. The van der Waals surface area contributed by atoms with Gasteiger partial charge < -0.3 is 24.1 Å². The maximum Gasteiger partial charge on any atom is 0.241 e. The van der Waals surface area contributed by atoms with Gasteiger partial charge in [-0.15, -0.1) is 0 Å². The molecule has 1 amide bonds. The van der Waals surface area contributed by atoms with Gasteiger partial charge in [0.25, 0.3) is 0 Å². The van der Waals surface area contributed by atoms with Crippen LogP contribution in [0.5, 0.6) is 0 Å². The van der Waals surface area contributed by atoms with Crippen LogP contribution in [0.15, 0.2) is 59.6 Å². The number of carbonyl (C=O) groups excluding carboxylic acids is 1. The molecule has 4 rings (SSSR count). The van der Waals surface area contributed by atoms with Crippen molar-refractivity contribution in [2.45, 2.75) is 24.3 Å². The summed E-state index contributed by atoms with van der Waals surface area (Å²) in [7, 11) is -3.94. The number of hydrogen-bond acceptors (Lipinski definition) is 6. The molecule has 1 unspecified atom stereocenters. The Balaban J connectivity index is 1.60. The molecule has 1 aromatic heterocycles. The maximum absolute atomic E-state index is 13.8. The number of ether oxygens (including phenoxy) is 3. The van der Waals surface area contributed by atoms with E-state index in [0.717, 1.165) is 22.0 Å². The van der Waals surface area contributed by atoms with Crippen LogP contribution in [0, 0.1) is 6.92 Å². The van der Waals surface area contributed by atoms with E-state index in [1.165, 1.54) is 0 Å². The number of nitrogens with one attached hydrogen (secondary N) is 2. The Labute approximate surface area is 211 Å². The van der Waals surface area contributed by atoms with Gasteiger partial charge in [-0.1, -0.05) is 35.9 Å². The van der Waals surface area contributed by atoms with Gasteiger partial charge in [0.1, 0.15) is 6.04 Å². The summed E-state index contributed by atoms with van der Waals surface area (Å²) in [5.74, 6) is -0.323. The molecule has 0 aliphatic carbocycles. The molecule has 1 aliphatic rings. The minimum atomic E-state index is -3.94. The van der Waals surface area contributed by atoms with Crippen LogP contribution in [0.1, 0.15) is 11.1 Å². The molecule has 2 aromatic carbocycles. The molecule has 36 heavy (non-hydrogen) atoms. The summed E-state index contributed by atoms with van der Waals surface area (Å²) in [6.45, 7) is 4.91. The summed E-state index contributed by atoms with van der Waals surface area (Å²) in [6, 6.07) is 13.3. The summed E-state index contributed by atoms with van der Waals surface area (Å²) in [5, 5.41) is 0.949. The third kappa shape index (κ3) is 6.92. The molecule has 0 bridgehead atoms. The van der Waals surface area contributed by atoms with Gasteiger partial charge in [0.15, 0.2) is 0 Å². The zero-order valence-corrected chi connectivity index (χ0v) is 21.3. The molecule has 1 saturated heterocycles. The number of fused-ring (bicyclic) bond motifs is 1. The van der Waals surface area contributed by atoms with E-state index in [9.17, 15) is 13.2 Å². The van der Waals surface area contributed by atoms with Crippen molar-refractivity contribution in [2.24, 2.45) is 0 Å². The number of sulfonamides is 1. The first kappa shape index (κ1) is 26.3. The molecule has 1 fully saturated rings. The minimum absolute atomic E-state index is 0.116. The highest BCUT2D eigenvalue weighted by atomic mass is 32.2. The highest BCUT2D eigenvalue weighted by Crippen LogP contribution is 2.21. The van der Waals surface area contributed by atoms with E-state index in [0.29, 0.717) is 52.7 Å². The third-order valence-electron chi connectivity index (χ3n) is 6.09. The third-order valence-corrected chi connectivity index (χ3v) is 7.58. The predicted octanol–water partition coefficient (Wildman–Crippen LogP) is 2.26. The number of amides is 1. The fourth-order valence-electron chi connectivity index (χ4n) is 4.12. The second kappa shape index (κ2) is 12.5. The summed E-state index contributed by atoms with van der Waals surface area (Å²) in [4.78, 5) is 18.7. The number of aryl methyl sites for hydroxylation is 1. The van der Waals surface area contributed by atoms with Gasteiger partial charge >= 0.3 is 0 Å². The average molecular weight is 516 g/mol. The van der Waals surface area contributed by atoms with Crippen molar-refractivity contribution in [3.63, 3.8) is 0 Å². The van der Waals surface area contributed by atoms with Crippen molar-refractivity contribution in [3.05, 3.63) is 65.9 Å². The lowest BCUT2D eigenvalue weighted by molar-refractivity contribution is -0.135. The molecule has 9 nitrogen and oxygen atoms in total. The number of aromatic nitrogens is 1. The second-order valence-electron chi connectivity index (χ2n) is 8.71. The number of benzene rings is 2. The molecule has 1 atom stereocenters. The fraction of sp³-hybridized carbons (Fsp3) is 0.423. The lowest BCUT2D eigenvalue weighted by Crippen LogP contribution is -2.51. The van der Waals surface area contributed by atoms with Crippen molar-refractivity contribution < 1.29 is 27.4 Å². The highest BCUT2D eigenvalue weighted by molar-refractivity contribution is 7.89. The van der Waals surface area contributed by atoms with E-state index in [-0.39, 0.29) is 17.2 Å². The molecule has 0 saturated carbocycles. The SMILES string of the molecule is Cc1ccc(S(=O)(=O)NC(Cc2c[nH]c3ccccc23)C(=O)N2CCOCCOCCOCC2)cc1. The molecular formula is C26H33N3O6S. The van der Waals surface area contributed by atoms with E-state index in [4.69, 9.17) is 14.2 Å². The van der Waals surface area contributed by atoms with Crippen LogP contribution in [0.25, 0.3) is 10.9 Å². The molecule has 194 valence electrons. The van der Waals surface area contributed by atoms with Crippen molar-refractivity contribution in [1.82, 2.24) is 14.6 Å². The van der Waals surface area contributed by atoms with Crippen LogP contribution in [0.4, 0.5) is 0 Å². The van der Waals surface area contributed by atoms with Crippen LogP contribution < -0.4 is 4.72 Å². The summed E-state index contributed by atoms with van der Waals surface area (Å²) < 4.78 is 45.9. The normalized spacial score (nSPS) is 17.3. The van der Waals surface area contributed by atoms with Crippen molar-refractivity contribution in [2.75, 3.05) is 52.7 Å². The van der Waals surface area contributed by atoms with Gasteiger partial charge in [-0.2, -0.15) is 4.72 Å². The van der Waals surface area contributed by atoms with Gasteiger partial charge in [-0.05, 0) is 37.1 Å². The fourth-order valence-corrected chi connectivity index (χ4v) is 5.31. The second-order valence-corrected chi connectivity index (χ2v) is 10.4. The van der Waals surface area contributed by atoms with Crippen LogP contribution in [-0.4, -0.2) is 83.0 Å². The number of hydrogen-bond donors (Lipinski definition) is 2. The monoisotopic (exact) mass is 515 g/mol. The van der Waals surface area contributed by atoms with Crippen LogP contribution >= 0.6 is 0 Å². The van der Waals surface area contributed by atoms with Crippen LogP contribution in [0.3, 0.4) is 0 Å². The largest absolute Gasteiger partial charge is 0.377 e. The molecule has 0 radical (unpaired) electrons. The zero-order chi connectivity index (χ0) is 25.4. The van der Waals surface area contributed by atoms with Crippen LogP contribution in [-0.2, 0) is 35.4 Å².